The first kappa shape index (κ1) is 8.21. The summed E-state index contributed by atoms with van der Waals surface area (Å²) < 4.78 is 0. The van der Waals surface area contributed by atoms with Gasteiger partial charge >= 0.3 is 0 Å². The summed E-state index contributed by atoms with van der Waals surface area (Å²) >= 11 is 0. The Labute approximate surface area is 78.7 Å². The fourth-order valence-corrected chi connectivity index (χ4v) is 1.73. The highest BCUT2D eigenvalue weighted by molar-refractivity contribution is 6.73. The van der Waals surface area contributed by atoms with E-state index >= 15 is 0 Å². The number of hydrogen-bond acceptors (Lipinski definition) is 2. The highest BCUT2D eigenvalue weighted by atomic mass is 14.8. The zero-order chi connectivity index (χ0) is 9.10. The van der Waals surface area contributed by atoms with Gasteiger partial charge in [0.15, 0.2) is 6.85 Å². The molecule has 63 valence electrons. The molecule has 0 aromatic rings. The molecule has 0 aromatic carbocycles. The van der Waals surface area contributed by atoms with Gasteiger partial charge in [-0.05, 0) is 12.6 Å². The maximum absolute atomic E-state index is 8.88. The molecule has 1 radical (unpaired) electrons. The SMILES string of the molecule is N#C[BH-]1NCC=C1C1=C[CH][CH+]C=C1. The Bertz CT molecular complexity index is 333. The lowest BCUT2D eigenvalue weighted by atomic mass is 9.56. The van der Waals surface area contributed by atoms with Gasteiger partial charge in [0.2, 0.25) is 0 Å². The van der Waals surface area contributed by atoms with Crippen molar-refractivity contribution in [3.05, 3.63) is 48.2 Å². The summed E-state index contributed by atoms with van der Waals surface area (Å²) in [7, 11) is 0. The van der Waals surface area contributed by atoms with Gasteiger partial charge in [0, 0.05) is 5.57 Å². The second-order valence-corrected chi connectivity index (χ2v) is 3.24. The Morgan fingerprint density at radius 1 is 1.62 bits per heavy atom. The molecule has 0 aromatic heterocycles. The first-order valence-electron chi connectivity index (χ1n) is 4.50. The quantitative estimate of drug-likeness (QED) is 0.464. The highest BCUT2D eigenvalue weighted by Gasteiger charge is 2.17. The van der Waals surface area contributed by atoms with Crippen LogP contribution < -0.4 is 5.23 Å². The number of rotatable bonds is 1. The Hall–Kier alpha value is -1.40. The molecule has 1 aliphatic heterocycles. The molecule has 2 rings (SSSR count). The van der Waals surface area contributed by atoms with E-state index in [9.17, 15) is 0 Å². The van der Waals surface area contributed by atoms with Crippen LogP contribution in [0.15, 0.2) is 35.3 Å². The van der Waals surface area contributed by atoms with Crippen molar-refractivity contribution in [3.8, 4) is 5.97 Å². The number of nitriles is 1. The maximum atomic E-state index is 8.88. The second-order valence-electron chi connectivity index (χ2n) is 3.24. The van der Waals surface area contributed by atoms with Crippen molar-refractivity contribution >= 4 is 6.85 Å². The van der Waals surface area contributed by atoms with Crippen LogP contribution in [0.5, 0.6) is 0 Å². The molecule has 0 amide bonds. The lowest BCUT2D eigenvalue weighted by Crippen LogP contribution is -2.29. The van der Waals surface area contributed by atoms with Crippen molar-refractivity contribution in [2.24, 2.45) is 0 Å². The Kier molecular flexibility index (Phi) is 2.24. The number of hydrogen-bond donors (Lipinski definition) is 1. The molecule has 1 aliphatic carbocycles. The lowest BCUT2D eigenvalue weighted by molar-refractivity contribution is 1.12. The van der Waals surface area contributed by atoms with E-state index in [2.05, 4.69) is 29.4 Å². The standard InChI is InChI=1S/C10H10BN2/c12-8-11-10(6-7-13-11)9-4-2-1-3-5-9/h1-6,11,13H,7H2. The average molecular weight is 169 g/mol. The fourth-order valence-electron chi connectivity index (χ4n) is 1.73. The Morgan fingerprint density at radius 2 is 2.54 bits per heavy atom. The summed E-state index contributed by atoms with van der Waals surface area (Å²) in [6.07, 6.45) is 12.2. The van der Waals surface area contributed by atoms with Gasteiger partial charge in [0.1, 0.15) is 0 Å². The van der Waals surface area contributed by atoms with E-state index in [1.165, 1.54) is 11.0 Å². The van der Waals surface area contributed by atoms with Gasteiger partial charge < -0.3 is 5.23 Å². The third-order valence-electron chi connectivity index (χ3n) is 2.43. The third-order valence-corrected chi connectivity index (χ3v) is 2.43. The average Bonchev–Trinajstić information content (AvgIpc) is 2.67. The molecule has 0 saturated carbocycles. The van der Waals surface area contributed by atoms with E-state index in [0.717, 1.165) is 6.54 Å². The summed E-state index contributed by atoms with van der Waals surface area (Å²) in [5.74, 6) is 2.32. The van der Waals surface area contributed by atoms with Gasteiger partial charge in [-0.25, -0.2) is 5.26 Å². The molecular weight excluding hydrogens is 159 g/mol. The summed E-state index contributed by atoms with van der Waals surface area (Å²) in [5.41, 5.74) is 2.36. The first-order chi connectivity index (χ1) is 6.42. The molecular formula is C10H10BN2. The lowest BCUT2D eigenvalue weighted by Gasteiger charge is -2.13. The summed E-state index contributed by atoms with van der Waals surface area (Å²) in [6, 6.07) is 0. The molecule has 0 fully saturated rings. The van der Waals surface area contributed by atoms with E-state index in [0.29, 0.717) is 0 Å². The second kappa shape index (κ2) is 3.55. The van der Waals surface area contributed by atoms with Crippen LogP contribution in [-0.2, 0) is 0 Å². The number of allylic oxidation sites excluding steroid dienone is 5. The van der Waals surface area contributed by atoms with Crippen molar-refractivity contribution in [2.75, 3.05) is 6.54 Å². The largest absolute Gasteiger partial charge is 0.472 e. The maximum Gasteiger partial charge on any atom is 0.180 e. The fraction of sp³-hybridized carbons (Fsp3) is 0.100. The van der Waals surface area contributed by atoms with Gasteiger partial charge in [-0.15, -0.1) is 12.0 Å². The predicted molar refractivity (Wildman–Crippen MR) is 54.7 cm³/mol. The zero-order valence-electron chi connectivity index (χ0n) is 7.33. The molecule has 3 heteroatoms. The molecule has 0 bridgehead atoms. The smallest absolute Gasteiger partial charge is 0.180 e. The molecule has 2 aliphatic rings. The minimum atomic E-state index is -0.946. The topological polar surface area (TPSA) is 35.8 Å². The van der Waals surface area contributed by atoms with Crippen LogP contribution in [-0.4, -0.2) is 13.4 Å². The van der Waals surface area contributed by atoms with Crippen LogP contribution in [0.4, 0.5) is 0 Å². The molecule has 2 nitrogen and oxygen atoms in total. The van der Waals surface area contributed by atoms with E-state index < -0.39 is 6.85 Å². The van der Waals surface area contributed by atoms with Crippen molar-refractivity contribution in [1.29, 1.82) is 5.26 Å². The van der Waals surface area contributed by atoms with Crippen LogP contribution in [0.1, 0.15) is 0 Å². The minimum Gasteiger partial charge on any atom is -0.472 e. The zero-order valence-corrected chi connectivity index (χ0v) is 7.33. The molecule has 1 N–H and O–H groups in total. The van der Waals surface area contributed by atoms with Crippen LogP contribution >= 0.6 is 0 Å². The molecule has 1 unspecified atom stereocenters. The minimum absolute atomic E-state index is 0.831. The van der Waals surface area contributed by atoms with Crippen LogP contribution in [0.25, 0.3) is 0 Å². The van der Waals surface area contributed by atoms with Crippen molar-refractivity contribution in [2.45, 2.75) is 0 Å². The first-order valence-corrected chi connectivity index (χ1v) is 4.50. The monoisotopic (exact) mass is 169 g/mol. The summed E-state index contributed by atoms with van der Waals surface area (Å²) in [5, 5.41) is 12.1. The highest BCUT2D eigenvalue weighted by Crippen LogP contribution is 2.20. The van der Waals surface area contributed by atoms with Crippen molar-refractivity contribution < 1.29 is 0 Å². The van der Waals surface area contributed by atoms with Crippen molar-refractivity contribution in [1.82, 2.24) is 5.23 Å². The Morgan fingerprint density at radius 3 is 3.23 bits per heavy atom. The van der Waals surface area contributed by atoms with Gasteiger partial charge in [-0.1, -0.05) is 0 Å². The van der Waals surface area contributed by atoms with E-state index in [1.807, 2.05) is 18.9 Å². The predicted octanol–water partition coefficient (Wildman–Crippen LogP) is 0.747. The molecule has 0 saturated heterocycles. The van der Waals surface area contributed by atoms with Crippen LogP contribution in [0, 0.1) is 24.1 Å². The number of nitrogens with zero attached hydrogens (tertiary/aromatic N) is 1. The molecule has 0 spiro atoms. The van der Waals surface area contributed by atoms with E-state index in [1.54, 1.807) is 0 Å². The summed E-state index contributed by atoms with van der Waals surface area (Å²) in [6.45, 7) is -0.115. The van der Waals surface area contributed by atoms with Gasteiger partial charge in [0.05, 0.1) is 25.0 Å². The molecule has 1 atom stereocenters. The molecule has 13 heavy (non-hydrogen) atoms. The third kappa shape index (κ3) is 1.54. The Balaban J connectivity index is 2.21. The van der Waals surface area contributed by atoms with Crippen molar-refractivity contribution in [3.63, 3.8) is 0 Å². The van der Waals surface area contributed by atoms with E-state index in [4.69, 9.17) is 5.26 Å². The van der Waals surface area contributed by atoms with Crippen LogP contribution in [0.3, 0.4) is 0 Å². The van der Waals surface area contributed by atoms with E-state index in [-0.39, 0.29) is 0 Å². The van der Waals surface area contributed by atoms with Crippen LogP contribution in [0.2, 0.25) is 0 Å². The number of nitrogens with one attached hydrogen (secondary N) is 1. The van der Waals surface area contributed by atoms with Gasteiger partial charge in [-0.2, -0.15) is 5.47 Å². The molecule has 1 heterocycles. The van der Waals surface area contributed by atoms with Gasteiger partial charge in [-0.3, -0.25) is 0 Å². The summed E-state index contributed by atoms with van der Waals surface area (Å²) in [4.78, 5) is 0. The van der Waals surface area contributed by atoms with Gasteiger partial charge in [0.25, 0.3) is 0 Å². The normalized spacial score (nSPS) is 25.9.